The van der Waals surface area contributed by atoms with E-state index < -0.39 is 15.2 Å². The Morgan fingerprint density at radius 1 is 1.59 bits per heavy atom. The van der Waals surface area contributed by atoms with Crippen molar-refractivity contribution >= 4 is 27.5 Å². The third kappa shape index (κ3) is 4.15. The number of nitrogens with two attached hydrogens (primary N) is 1. The number of sulfone groups is 1. The summed E-state index contributed by atoms with van der Waals surface area (Å²) in [5.41, 5.74) is 5.48. The van der Waals surface area contributed by atoms with Crippen LogP contribution in [0, 0.1) is 5.92 Å². The van der Waals surface area contributed by atoms with Crippen LogP contribution >= 0.6 is 11.8 Å². The molecule has 7 heteroatoms. The van der Waals surface area contributed by atoms with E-state index in [0.29, 0.717) is 25.3 Å². The Morgan fingerprint density at radius 3 is 2.76 bits per heavy atom. The minimum Gasteiger partial charge on any atom is -0.330 e. The van der Waals surface area contributed by atoms with Crippen molar-refractivity contribution in [1.29, 1.82) is 0 Å². The second kappa shape index (κ2) is 6.06. The van der Waals surface area contributed by atoms with Gasteiger partial charge in [0.25, 0.3) is 0 Å². The number of hydrogen-bond acceptors (Lipinski definition) is 5. The highest BCUT2D eigenvalue weighted by molar-refractivity contribution is 8.00. The van der Waals surface area contributed by atoms with Crippen molar-refractivity contribution in [2.45, 2.75) is 18.7 Å². The number of amides is 1. The first kappa shape index (κ1) is 14.8. The van der Waals surface area contributed by atoms with Gasteiger partial charge in [-0.2, -0.15) is 11.8 Å². The van der Waals surface area contributed by atoms with Crippen molar-refractivity contribution < 1.29 is 13.2 Å². The molecule has 0 radical (unpaired) electrons. The normalized spacial score (nSPS) is 23.5. The molecule has 1 aliphatic rings. The third-order valence-corrected chi connectivity index (χ3v) is 5.47. The van der Waals surface area contributed by atoms with Crippen molar-refractivity contribution in [2.24, 2.45) is 11.7 Å². The molecule has 0 saturated carbocycles. The zero-order valence-electron chi connectivity index (χ0n) is 10.3. The molecule has 2 unspecified atom stereocenters. The summed E-state index contributed by atoms with van der Waals surface area (Å²) >= 11 is 1.58. The van der Waals surface area contributed by atoms with E-state index in [1.165, 1.54) is 11.2 Å². The van der Waals surface area contributed by atoms with E-state index in [0.717, 1.165) is 5.75 Å². The molecule has 0 bridgehead atoms. The largest absolute Gasteiger partial charge is 0.330 e. The van der Waals surface area contributed by atoms with Crippen molar-refractivity contribution in [2.75, 3.05) is 30.9 Å². The summed E-state index contributed by atoms with van der Waals surface area (Å²) in [6.07, 6.45) is 1.52. The second-order valence-corrected chi connectivity index (χ2v) is 7.84. The highest BCUT2D eigenvalue weighted by Gasteiger charge is 2.34. The Morgan fingerprint density at radius 2 is 2.24 bits per heavy atom. The van der Waals surface area contributed by atoms with Gasteiger partial charge in [0.05, 0.1) is 0 Å². The van der Waals surface area contributed by atoms with Crippen LogP contribution in [0.1, 0.15) is 13.3 Å². The lowest BCUT2D eigenvalue weighted by Gasteiger charge is -2.34. The summed E-state index contributed by atoms with van der Waals surface area (Å²) in [4.78, 5) is 13.5. The predicted octanol–water partition coefficient (Wildman–Crippen LogP) is -0.0826. The fourth-order valence-corrected chi connectivity index (χ4v) is 4.56. The zero-order chi connectivity index (χ0) is 13.1. The SMILES string of the molecule is CC(CN)CC(=O)N1CCSCC1S(C)(=O)=O. The summed E-state index contributed by atoms with van der Waals surface area (Å²) in [6, 6.07) is 0. The van der Waals surface area contributed by atoms with Gasteiger partial charge in [0.2, 0.25) is 5.91 Å². The van der Waals surface area contributed by atoms with Gasteiger partial charge in [0, 0.05) is 30.7 Å². The summed E-state index contributed by atoms with van der Waals surface area (Å²) < 4.78 is 23.2. The number of rotatable bonds is 4. The minimum atomic E-state index is -3.21. The van der Waals surface area contributed by atoms with E-state index in [1.807, 2.05) is 6.92 Å². The topological polar surface area (TPSA) is 80.5 Å². The molecule has 0 aliphatic carbocycles. The van der Waals surface area contributed by atoms with Gasteiger partial charge in [-0.25, -0.2) is 8.42 Å². The molecule has 1 aliphatic heterocycles. The molecule has 0 aromatic carbocycles. The first-order valence-electron chi connectivity index (χ1n) is 5.62. The molecule has 1 saturated heterocycles. The Hall–Kier alpha value is -0.270. The number of carbonyl (C=O) groups is 1. The maximum Gasteiger partial charge on any atom is 0.224 e. The molecular weight excluding hydrogens is 260 g/mol. The molecule has 2 N–H and O–H groups in total. The third-order valence-electron chi connectivity index (χ3n) is 2.82. The van der Waals surface area contributed by atoms with Crippen LogP contribution in [0.2, 0.25) is 0 Å². The van der Waals surface area contributed by atoms with E-state index >= 15 is 0 Å². The monoisotopic (exact) mass is 280 g/mol. The Balaban J connectivity index is 2.75. The molecule has 0 aromatic heterocycles. The van der Waals surface area contributed by atoms with E-state index in [9.17, 15) is 13.2 Å². The molecule has 17 heavy (non-hydrogen) atoms. The second-order valence-electron chi connectivity index (χ2n) is 4.49. The first-order chi connectivity index (χ1) is 7.86. The van der Waals surface area contributed by atoms with Crippen molar-refractivity contribution in [3.8, 4) is 0 Å². The van der Waals surface area contributed by atoms with E-state index in [2.05, 4.69) is 0 Å². The summed E-state index contributed by atoms with van der Waals surface area (Å²) in [6.45, 7) is 2.85. The quantitative estimate of drug-likeness (QED) is 0.779. The van der Waals surface area contributed by atoms with Gasteiger partial charge in [-0.3, -0.25) is 4.79 Å². The highest BCUT2D eigenvalue weighted by Crippen LogP contribution is 2.21. The maximum atomic E-state index is 12.0. The van der Waals surface area contributed by atoms with Crippen LogP contribution in [0.4, 0.5) is 0 Å². The lowest BCUT2D eigenvalue weighted by Crippen LogP contribution is -2.50. The van der Waals surface area contributed by atoms with E-state index in [-0.39, 0.29) is 11.8 Å². The summed E-state index contributed by atoms with van der Waals surface area (Å²) in [5, 5.41) is -0.668. The number of thioether (sulfide) groups is 1. The maximum absolute atomic E-state index is 12.0. The van der Waals surface area contributed by atoms with Crippen LogP contribution in [0.3, 0.4) is 0 Å². The molecule has 1 rings (SSSR count). The lowest BCUT2D eigenvalue weighted by atomic mass is 10.1. The number of carbonyl (C=O) groups excluding carboxylic acids is 1. The average molecular weight is 280 g/mol. The Labute approximate surface area is 107 Å². The van der Waals surface area contributed by atoms with Gasteiger partial charge < -0.3 is 10.6 Å². The number of hydrogen-bond donors (Lipinski definition) is 1. The van der Waals surface area contributed by atoms with E-state index in [4.69, 9.17) is 5.73 Å². The van der Waals surface area contributed by atoms with Crippen LogP contribution in [-0.2, 0) is 14.6 Å². The number of nitrogens with zero attached hydrogens (tertiary/aromatic N) is 1. The lowest BCUT2D eigenvalue weighted by molar-refractivity contribution is -0.132. The van der Waals surface area contributed by atoms with Gasteiger partial charge in [-0.1, -0.05) is 6.92 Å². The molecule has 5 nitrogen and oxygen atoms in total. The smallest absolute Gasteiger partial charge is 0.224 e. The summed E-state index contributed by atoms with van der Waals surface area (Å²) in [5.74, 6) is 1.27. The van der Waals surface area contributed by atoms with Crippen LogP contribution in [0.5, 0.6) is 0 Å². The standard InChI is InChI=1S/C10H20N2O3S2/c1-8(6-11)5-9(13)12-3-4-16-7-10(12)17(2,14)15/h8,10H,3-7,11H2,1-2H3. The Bertz CT molecular complexity index is 370. The van der Waals surface area contributed by atoms with Crippen molar-refractivity contribution in [3.05, 3.63) is 0 Å². The summed E-state index contributed by atoms with van der Waals surface area (Å²) in [7, 11) is -3.21. The van der Waals surface area contributed by atoms with E-state index in [1.54, 1.807) is 11.8 Å². The van der Waals surface area contributed by atoms with Gasteiger partial charge in [0.15, 0.2) is 9.84 Å². The van der Waals surface area contributed by atoms with Crippen LogP contribution < -0.4 is 5.73 Å². The predicted molar refractivity (Wildman–Crippen MR) is 70.5 cm³/mol. The highest BCUT2D eigenvalue weighted by atomic mass is 32.2. The fraction of sp³-hybridized carbons (Fsp3) is 0.900. The molecule has 2 atom stereocenters. The van der Waals surface area contributed by atoms with Gasteiger partial charge in [0.1, 0.15) is 5.37 Å². The fourth-order valence-electron chi connectivity index (χ4n) is 1.72. The molecule has 0 aromatic rings. The Kier molecular flexibility index (Phi) is 5.27. The molecule has 0 spiro atoms. The first-order valence-corrected chi connectivity index (χ1v) is 8.73. The van der Waals surface area contributed by atoms with Crippen LogP contribution in [0.15, 0.2) is 0 Å². The van der Waals surface area contributed by atoms with Crippen LogP contribution in [-0.4, -0.2) is 55.4 Å². The molecule has 1 heterocycles. The molecule has 1 fully saturated rings. The van der Waals surface area contributed by atoms with Crippen LogP contribution in [0.25, 0.3) is 0 Å². The van der Waals surface area contributed by atoms with Crippen molar-refractivity contribution in [1.82, 2.24) is 4.90 Å². The van der Waals surface area contributed by atoms with Crippen molar-refractivity contribution in [3.63, 3.8) is 0 Å². The molecule has 100 valence electrons. The van der Waals surface area contributed by atoms with Gasteiger partial charge in [-0.15, -0.1) is 0 Å². The minimum absolute atomic E-state index is 0.0947. The molecular formula is C10H20N2O3S2. The van der Waals surface area contributed by atoms with Gasteiger partial charge >= 0.3 is 0 Å². The zero-order valence-corrected chi connectivity index (χ0v) is 11.9. The average Bonchev–Trinajstić information content (AvgIpc) is 2.27. The molecule has 1 amide bonds. The van der Waals surface area contributed by atoms with Gasteiger partial charge in [-0.05, 0) is 12.5 Å².